The van der Waals surface area contributed by atoms with Crippen molar-refractivity contribution in [1.82, 2.24) is 0 Å². The zero-order valence-electron chi connectivity index (χ0n) is 14.7. The fraction of sp³-hybridized carbons (Fsp3) is 1.00. The van der Waals surface area contributed by atoms with E-state index in [2.05, 4.69) is 13.8 Å². The van der Waals surface area contributed by atoms with Gasteiger partial charge in [-0.3, -0.25) is 0 Å². The Labute approximate surface area is 159 Å². The van der Waals surface area contributed by atoms with E-state index in [1.165, 1.54) is 0 Å². The van der Waals surface area contributed by atoms with Crippen molar-refractivity contribution in [3.8, 4) is 0 Å². The maximum Gasteiger partial charge on any atom is 1.00 e. The maximum absolute atomic E-state index is 11.3. The molecule has 0 aliphatic carbocycles. The summed E-state index contributed by atoms with van der Waals surface area (Å²) in [6.07, 6.45) is 9.90. The van der Waals surface area contributed by atoms with E-state index in [4.69, 9.17) is 0 Å². The van der Waals surface area contributed by atoms with Crippen LogP contribution in [0.4, 0.5) is 0 Å². The molecule has 2 unspecified atom stereocenters. The molecule has 4 nitrogen and oxygen atoms in total. The molecule has 0 aromatic heterocycles. The van der Waals surface area contributed by atoms with Gasteiger partial charge in [0, 0.05) is 0 Å². The van der Waals surface area contributed by atoms with Crippen molar-refractivity contribution in [3.63, 3.8) is 0 Å². The van der Waals surface area contributed by atoms with Crippen LogP contribution in [0.5, 0.6) is 0 Å². The third-order valence-corrected chi connectivity index (χ3v) is 5.29. The van der Waals surface area contributed by atoms with Crippen molar-refractivity contribution < 1.29 is 47.6 Å². The topological polar surface area (TPSA) is 77.4 Å². The van der Waals surface area contributed by atoms with Gasteiger partial charge in [-0.05, 0) is 12.8 Å². The smallest absolute Gasteiger partial charge is 0.748 e. The predicted octanol–water partition coefficient (Wildman–Crippen LogP) is 0.986. The molecule has 0 aromatic carbocycles. The van der Waals surface area contributed by atoms with Crippen molar-refractivity contribution in [2.45, 2.75) is 102 Å². The van der Waals surface area contributed by atoms with E-state index in [9.17, 15) is 18.1 Å². The largest absolute Gasteiger partial charge is 1.00 e. The Bertz CT molecular complexity index is 333. The van der Waals surface area contributed by atoms with Gasteiger partial charge in [0.05, 0.1) is 11.4 Å². The Kier molecular flexibility index (Phi) is 17.6. The second-order valence-electron chi connectivity index (χ2n) is 6.00. The van der Waals surface area contributed by atoms with Crippen molar-refractivity contribution in [2.24, 2.45) is 0 Å². The van der Waals surface area contributed by atoms with Gasteiger partial charge in [-0.15, -0.1) is 0 Å². The fourth-order valence-corrected chi connectivity index (χ4v) is 3.60. The molecule has 0 amide bonds. The van der Waals surface area contributed by atoms with Crippen LogP contribution in [-0.4, -0.2) is 29.4 Å². The van der Waals surface area contributed by atoms with Crippen LogP contribution in [0, 0.1) is 0 Å². The summed E-state index contributed by atoms with van der Waals surface area (Å²) in [5.74, 6) is 0. The minimum absolute atomic E-state index is 0. The van der Waals surface area contributed by atoms with Crippen LogP contribution in [0.3, 0.4) is 0 Å². The van der Waals surface area contributed by atoms with Gasteiger partial charge >= 0.3 is 29.6 Å². The Balaban J connectivity index is 0. The first-order chi connectivity index (χ1) is 9.93. The molecule has 0 spiro atoms. The Morgan fingerprint density at radius 1 is 0.818 bits per heavy atom. The standard InChI is InChI=1S/C16H34O4S.Na/c1-3-5-7-9-11-13-15(17)16(21(18,19)20)14-12-10-8-6-4-2;/h15-17H,3-14H2,1-2H3,(H,18,19,20);/q;+1/p-1. The van der Waals surface area contributed by atoms with Crippen LogP contribution in [0.25, 0.3) is 0 Å². The molecular weight excluding hydrogens is 311 g/mol. The van der Waals surface area contributed by atoms with E-state index in [0.29, 0.717) is 19.3 Å². The molecule has 0 aliphatic rings. The zero-order chi connectivity index (χ0) is 16.1. The minimum atomic E-state index is -4.40. The van der Waals surface area contributed by atoms with E-state index in [1.807, 2.05) is 0 Å². The summed E-state index contributed by atoms with van der Waals surface area (Å²) < 4.78 is 33.9. The first-order valence-electron chi connectivity index (χ1n) is 8.56. The van der Waals surface area contributed by atoms with Crippen molar-refractivity contribution >= 4 is 10.1 Å². The summed E-state index contributed by atoms with van der Waals surface area (Å²) in [6.45, 7) is 4.25. The molecule has 128 valence electrons. The quantitative estimate of drug-likeness (QED) is 0.290. The molecule has 0 radical (unpaired) electrons. The third-order valence-electron chi connectivity index (χ3n) is 4.00. The first kappa shape index (κ1) is 25.1. The van der Waals surface area contributed by atoms with Gasteiger partial charge in [0.15, 0.2) is 0 Å². The van der Waals surface area contributed by atoms with E-state index in [0.717, 1.165) is 57.8 Å². The molecule has 0 heterocycles. The summed E-state index contributed by atoms with van der Waals surface area (Å²) in [5, 5.41) is 8.90. The van der Waals surface area contributed by atoms with Gasteiger partial charge in [-0.1, -0.05) is 78.1 Å². The van der Waals surface area contributed by atoms with Crippen LogP contribution >= 0.6 is 0 Å². The van der Waals surface area contributed by atoms with Gasteiger partial charge in [0.25, 0.3) is 0 Å². The summed E-state index contributed by atoms with van der Waals surface area (Å²) in [6, 6.07) is 0. The molecule has 0 saturated heterocycles. The van der Waals surface area contributed by atoms with Gasteiger partial charge < -0.3 is 9.66 Å². The Hall–Kier alpha value is 0.870. The third kappa shape index (κ3) is 13.3. The Morgan fingerprint density at radius 3 is 1.64 bits per heavy atom. The number of unbranched alkanes of at least 4 members (excludes halogenated alkanes) is 8. The second kappa shape index (κ2) is 15.4. The molecule has 1 N–H and O–H groups in total. The van der Waals surface area contributed by atoms with Gasteiger partial charge in [0.1, 0.15) is 10.1 Å². The van der Waals surface area contributed by atoms with E-state index in [1.54, 1.807) is 0 Å². The molecule has 2 atom stereocenters. The molecule has 0 aromatic rings. The van der Waals surface area contributed by atoms with Gasteiger partial charge in [-0.2, -0.15) is 0 Å². The first-order valence-corrected chi connectivity index (χ1v) is 10.0. The molecule has 22 heavy (non-hydrogen) atoms. The summed E-state index contributed by atoms with van der Waals surface area (Å²) >= 11 is 0. The summed E-state index contributed by atoms with van der Waals surface area (Å²) in [4.78, 5) is 0. The molecule has 0 saturated carbocycles. The second-order valence-corrected chi connectivity index (χ2v) is 7.60. The number of hydrogen-bond donors (Lipinski definition) is 1. The normalized spacial score (nSPS) is 14.4. The summed E-state index contributed by atoms with van der Waals surface area (Å²) in [5.41, 5.74) is 0. The van der Waals surface area contributed by atoms with Gasteiger partial charge in [-0.25, -0.2) is 8.42 Å². The van der Waals surface area contributed by atoms with Crippen LogP contribution in [-0.2, 0) is 10.1 Å². The monoisotopic (exact) mass is 344 g/mol. The average Bonchev–Trinajstić information content (AvgIpc) is 2.41. The van der Waals surface area contributed by atoms with Crippen LogP contribution in [0.15, 0.2) is 0 Å². The zero-order valence-corrected chi connectivity index (χ0v) is 17.5. The predicted molar refractivity (Wildman–Crippen MR) is 86.2 cm³/mol. The van der Waals surface area contributed by atoms with E-state index >= 15 is 0 Å². The molecule has 6 heteroatoms. The van der Waals surface area contributed by atoms with Crippen LogP contribution in [0.1, 0.15) is 90.9 Å². The minimum Gasteiger partial charge on any atom is -0.748 e. The molecule has 0 bridgehead atoms. The number of aliphatic hydroxyl groups is 1. The maximum atomic E-state index is 11.3. The average molecular weight is 344 g/mol. The van der Waals surface area contributed by atoms with Crippen molar-refractivity contribution in [3.05, 3.63) is 0 Å². The Morgan fingerprint density at radius 2 is 1.23 bits per heavy atom. The van der Waals surface area contributed by atoms with E-state index < -0.39 is 21.5 Å². The molecule has 0 aliphatic heterocycles. The molecule has 0 rings (SSSR count). The van der Waals surface area contributed by atoms with Crippen molar-refractivity contribution in [2.75, 3.05) is 0 Å². The van der Waals surface area contributed by atoms with Gasteiger partial charge in [0.2, 0.25) is 0 Å². The SMILES string of the molecule is CCCCCCCC(O)C(CCCCCCC)S(=O)(=O)[O-].[Na+]. The molecule has 0 fully saturated rings. The van der Waals surface area contributed by atoms with Crippen LogP contribution in [0.2, 0.25) is 0 Å². The van der Waals surface area contributed by atoms with Crippen LogP contribution < -0.4 is 29.6 Å². The fourth-order valence-electron chi connectivity index (χ4n) is 2.62. The number of rotatable bonds is 14. The molecular formula is C16H33NaO4S. The van der Waals surface area contributed by atoms with Crippen molar-refractivity contribution in [1.29, 1.82) is 0 Å². The summed E-state index contributed by atoms with van der Waals surface area (Å²) in [7, 11) is -4.40. The number of aliphatic hydroxyl groups excluding tert-OH is 1. The van der Waals surface area contributed by atoms with E-state index in [-0.39, 0.29) is 29.6 Å². The number of hydrogen-bond acceptors (Lipinski definition) is 4.